The summed E-state index contributed by atoms with van der Waals surface area (Å²) in [4.78, 5) is 0. The Kier molecular flexibility index (Phi) is 7.36. The molecule has 0 spiro atoms. The Morgan fingerprint density at radius 2 is 1.60 bits per heavy atom. The van der Waals surface area contributed by atoms with E-state index in [9.17, 15) is 0 Å². The van der Waals surface area contributed by atoms with Crippen LogP contribution in [0.15, 0.2) is 24.3 Å². The molecule has 2 heteroatoms. The number of rotatable bonds is 7. The summed E-state index contributed by atoms with van der Waals surface area (Å²) < 4.78 is 11.8. The van der Waals surface area contributed by atoms with Crippen LogP contribution >= 0.6 is 0 Å². The van der Waals surface area contributed by atoms with Crippen LogP contribution in [-0.2, 0) is 22.3 Å². The van der Waals surface area contributed by atoms with Crippen molar-refractivity contribution < 1.29 is 9.47 Å². The molecule has 1 aliphatic heterocycles. The Bertz CT molecular complexity index is 479. The third kappa shape index (κ3) is 5.56. The summed E-state index contributed by atoms with van der Waals surface area (Å²) in [5, 5.41) is 0. The lowest BCUT2D eigenvalue weighted by atomic mass is 9.80. The highest BCUT2D eigenvalue weighted by Gasteiger charge is 2.31. The molecule has 3 rings (SSSR count). The molecule has 1 heterocycles. The van der Waals surface area contributed by atoms with Crippen molar-refractivity contribution in [3.63, 3.8) is 0 Å². The lowest BCUT2D eigenvalue weighted by Gasteiger charge is -2.37. The van der Waals surface area contributed by atoms with E-state index in [-0.39, 0.29) is 0 Å². The van der Waals surface area contributed by atoms with E-state index in [1.54, 1.807) is 0 Å². The van der Waals surface area contributed by atoms with E-state index >= 15 is 0 Å². The van der Waals surface area contributed by atoms with Crippen LogP contribution in [-0.4, -0.2) is 25.9 Å². The minimum atomic E-state index is 0.497. The summed E-state index contributed by atoms with van der Waals surface area (Å²) in [6, 6.07) is 9.27. The van der Waals surface area contributed by atoms with Gasteiger partial charge in [0.05, 0.1) is 12.2 Å². The number of hydrogen-bond donors (Lipinski definition) is 0. The molecule has 140 valence electrons. The van der Waals surface area contributed by atoms with Crippen molar-refractivity contribution in [2.75, 3.05) is 13.7 Å². The lowest BCUT2D eigenvalue weighted by Crippen LogP contribution is -2.35. The predicted molar refractivity (Wildman–Crippen MR) is 104 cm³/mol. The molecule has 2 nitrogen and oxygen atoms in total. The van der Waals surface area contributed by atoms with Gasteiger partial charge in [-0.1, -0.05) is 37.6 Å². The highest BCUT2D eigenvalue weighted by molar-refractivity contribution is 5.22. The Hall–Kier alpha value is -0.860. The molecule has 2 fully saturated rings. The monoisotopic (exact) mass is 344 g/mol. The van der Waals surface area contributed by atoms with E-state index in [0.29, 0.717) is 12.2 Å². The normalized spacial score (nSPS) is 30.3. The van der Waals surface area contributed by atoms with Gasteiger partial charge < -0.3 is 9.47 Å². The minimum Gasteiger partial charge on any atom is -0.381 e. The highest BCUT2D eigenvalue weighted by atomic mass is 16.5. The van der Waals surface area contributed by atoms with Crippen molar-refractivity contribution in [1.29, 1.82) is 0 Å². The van der Waals surface area contributed by atoms with Crippen molar-refractivity contribution in [2.45, 2.75) is 83.3 Å². The summed E-state index contributed by atoms with van der Waals surface area (Å²) in [5.41, 5.74) is 2.96. The first kappa shape index (κ1) is 18.9. The Balaban J connectivity index is 1.36. The molecular formula is C23H36O2. The quantitative estimate of drug-likeness (QED) is 0.643. The summed E-state index contributed by atoms with van der Waals surface area (Å²) >= 11 is 0. The molecule has 0 N–H and O–H groups in total. The van der Waals surface area contributed by atoms with Crippen molar-refractivity contribution in [3.05, 3.63) is 35.4 Å². The summed E-state index contributed by atoms with van der Waals surface area (Å²) in [6.45, 7) is 3.22. The van der Waals surface area contributed by atoms with Gasteiger partial charge in [0.25, 0.3) is 0 Å². The van der Waals surface area contributed by atoms with Crippen molar-refractivity contribution in [3.8, 4) is 0 Å². The third-order valence-electron chi connectivity index (χ3n) is 6.39. The first-order valence-corrected chi connectivity index (χ1v) is 10.5. The van der Waals surface area contributed by atoms with Crippen LogP contribution in [0.5, 0.6) is 0 Å². The first-order chi connectivity index (χ1) is 12.3. The van der Waals surface area contributed by atoms with Crippen LogP contribution < -0.4 is 0 Å². The van der Waals surface area contributed by atoms with E-state index in [0.717, 1.165) is 18.4 Å². The van der Waals surface area contributed by atoms with Gasteiger partial charge >= 0.3 is 0 Å². The van der Waals surface area contributed by atoms with Gasteiger partial charge in [-0.15, -0.1) is 0 Å². The lowest BCUT2D eigenvalue weighted by molar-refractivity contribution is -0.0668. The maximum absolute atomic E-state index is 6.30. The predicted octanol–water partition coefficient (Wildman–Crippen LogP) is 5.57. The zero-order chi connectivity index (χ0) is 17.5. The molecule has 1 saturated heterocycles. The van der Waals surface area contributed by atoms with E-state index in [1.807, 2.05) is 7.11 Å². The van der Waals surface area contributed by atoms with Gasteiger partial charge in [0.2, 0.25) is 0 Å². The molecule has 2 aliphatic rings. The molecule has 0 aromatic heterocycles. The summed E-state index contributed by atoms with van der Waals surface area (Å²) in [6.07, 6.45) is 13.6. The molecule has 25 heavy (non-hydrogen) atoms. The fourth-order valence-electron chi connectivity index (χ4n) is 4.65. The van der Waals surface area contributed by atoms with E-state index < -0.39 is 0 Å². The standard InChI is InChI=1S/C23H36O2/c1-3-4-18-5-7-19(8-6-18)9-10-20-11-16-23(25-17-20)21-12-14-22(24-2)15-13-21/h5-8,20-23H,3-4,9-17H2,1-2H3. The van der Waals surface area contributed by atoms with Crippen LogP contribution in [0, 0.1) is 11.8 Å². The SMILES string of the molecule is CCCc1ccc(CCC2CCC(C3CCC(OC)CC3)OC2)cc1. The number of aryl methyl sites for hydroxylation is 2. The Labute approximate surface area is 154 Å². The van der Waals surface area contributed by atoms with Gasteiger partial charge in [-0.25, -0.2) is 0 Å². The molecule has 2 unspecified atom stereocenters. The fraction of sp³-hybridized carbons (Fsp3) is 0.739. The van der Waals surface area contributed by atoms with Gasteiger partial charge in [-0.2, -0.15) is 0 Å². The molecule has 0 radical (unpaired) electrons. The smallest absolute Gasteiger partial charge is 0.0603 e. The second-order valence-corrected chi connectivity index (χ2v) is 8.19. The van der Waals surface area contributed by atoms with Crippen LogP contribution in [0.4, 0.5) is 0 Å². The average Bonchev–Trinajstić information content (AvgIpc) is 2.68. The van der Waals surface area contributed by atoms with Crippen molar-refractivity contribution in [2.24, 2.45) is 11.8 Å². The average molecular weight is 345 g/mol. The molecule has 1 aliphatic carbocycles. The Morgan fingerprint density at radius 1 is 0.920 bits per heavy atom. The second-order valence-electron chi connectivity index (χ2n) is 8.19. The van der Waals surface area contributed by atoms with Crippen LogP contribution in [0.25, 0.3) is 0 Å². The molecule has 1 aromatic rings. The molecule has 1 aromatic carbocycles. The Morgan fingerprint density at radius 3 is 2.16 bits per heavy atom. The topological polar surface area (TPSA) is 18.5 Å². The van der Waals surface area contributed by atoms with E-state index in [4.69, 9.17) is 9.47 Å². The number of hydrogen-bond acceptors (Lipinski definition) is 2. The second kappa shape index (κ2) is 9.73. The molecule has 2 atom stereocenters. The molecule has 1 saturated carbocycles. The highest BCUT2D eigenvalue weighted by Crippen LogP contribution is 2.35. The zero-order valence-corrected chi connectivity index (χ0v) is 16.2. The maximum atomic E-state index is 6.30. The largest absolute Gasteiger partial charge is 0.381 e. The van der Waals surface area contributed by atoms with Crippen LogP contribution in [0.1, 0.15) is 69.4 Å². The molecular weight excluding hydrogens is 308 g/mol. The summed E-state index contributed by atoms with van der Waals surface area (Å²) in [5.74, 6) is 1.53. The molecule has 0 amide bonds. The number of ether oxygens (including phenoxy) is 2. The van der Waals surface area contributed by atoms with Crippen molar-refractivity contribution >= 4 is 0 Å². The van der Waals surface area contributed by atoms with Gasteiger partial charge in [-0.05, 0) is 80.8 Å². The zero-order valence-electron chi connectivity index (χ0n) is 16.2. The number of methoxy groups -OCH3 is 1. The van der Waals surface area contributed by atoms with E-state index in [2.05, 4.69) is 31.2 Å². The number of benzene rings is 1. The third-order valence-corrected chi connectivity index (χ3v) is 6.39. The maximum Gasteiger partial charge on any atom is 0.0603 e. The molecule has 0 bridgehead atoms. The van der Waals surface area contributed by atoms with E-state index in [1.165, 1.54) is 75.3 Å². The van der Waals surface area contributed by atoms with Crippen LogP contribution in [0.3, 0.4) is 0 Å². The fourth-order valence-corrected chi connectivity index (χ4v) is 4.65. The first-order valence-electron chi connectivity index (χ1n) is 10.5. The minimum absolute atomic E-state index is 0.497. The van der Waals surface area contributed by atoms with Gasteiger partial charge in [0, 0.05) is 13.7 Å². The van der Waals surface area contributed by atoms with Crippen LogP contribution in [0.2, 0.25) is 0 Å². The van der Waals surface area contributed by atoms with Gasteiger partial charge in [-0.3, -0.25) is 0 Å². The van der Waals surface area contributed by atoms with Crippen molar-refractivity contribution in [1.82, 2.24) is 0 Å². The van der Waals surface area contributed by atoms with Gasteiger partial charge in [0.15, 0.2) is 0 Å². The summed E-state index contributed by atoms with van der Waals surface area (Å²) in [7, 11) is 1.85. The van der Waals surface area contributed by atoms with Gasteiger partial charge in [0.1, 0.15) is 0 Å².